The second-order valence-electron chi connectivity index (χ2n) is 6.12. The van der Waals surface area contributed by atoms with E-state index in [0.29, 0.717) is 21.8 Å². The minimum Gasteiger partial charge on any atom is -0.493 e. The molecule has 0 atom stereocenters. The second-order valence-corrected chi connectivity index (χ2v) is 6.52. The number of nitrogens with zero attached hydrogens (tertiary/aromatic N) is 1. The molecule has 140 valence electrons. The SMILES string of the molecule is COc1ccc(/C=N\NC(=O)c2ccc3[nH]c(=S)[nH]c3c2)cc1OC(C)C. The van der Waals surface area contributed by atoms with Crippen LogP contribution in [-0.2, 0) is 0 Å². The average molecular weight is 384 g/mol. The highest BCUT2D eigenvalue weighted by molar-refractivity contribution is 7.71. The number of aromatic nitrogens is 2. The summed E-state index contributed by atoms with van der Waals surface area (Å²) in [6, 6.07) is 10.6. The zero-order valence-electron chi connectivity index (χ0n) is 15.2. The van der Waals surface area contributed by atoms with Gasteiger partial charge in [-0.25, -0.2) is 5.43 Å². The van der Waals surface area contributed by atoms with E-state index in [1.165, 1.54) is 0 Å². The number of carbonyl (C=O) groups is 1. The van der Waals surface area contributed by atoms with Gasteiger partial charge in [-0.1, -0.05) is 0 Å². The van der Waals surface area contributed by atoms with Crippen molar-refractivity contribution in [3.63, 3.8) is 0 Å². The Morgan fingerprint density at radius 3 is 2.67 bits per heavy atom. The van der Waals surface area contributed by atoms with Crippen molar-refractivity contribution in [2.24, 2.45) is 5.10 Å². The molecule has 0 saturated heterocycles. The fourth-order valence-corrected chi connectivity index (χ4v) is 2.74. The molecule has 3 aromatic rings. The average Bonchev–Trinajstić information content (AvgIpc) is 3.00. The molecule has 0 aliphatic carbocycles. The molecule has 0 aliphatic heterocycles. The van der Waals surface area contributed by atoms with Crippen LogP contribution < -0.4 is 14.9 Å². The standard InChI is InChI=1S/C19H20N4O3S/c1-11(2)26-17-8-12(4-7-16(17)25-3)10-20-23-18(24)13-5-6-14-15(9-13)22-19(27)21-14/h4-11H,1-3H3,(H,23,24)(H2,21,22,27)/b20-10-. The first-order chi connectivity index (χ1) is 13.0. The van der Waals surface area contributed by atoms with Gasteiger partial charge in [-0.15, -0.1) is 0 Å². The van der Waals surface area contributed by atoms with Gasteiger partial charge in [0.25, 0.3) is 5.91 Å². The number of hydrogen-bond donors (Lipinski definition) is 3. The van der Waals surface area contributed by atoms with E-state index in [2.05, 4.69) is 20.5 Å². The highest BCUT2D eigenvalue weighted by Crippen LogP contribution is 2.28. The van der Waals surface area contributed by atoms with Gasteiger partial charge < -0.3 is 19.4 Å². The first-order valence-electron chi connectivity index (χ1n) is 8.36. The number of H-pyrrole nitrogens is 2. The summed E-state index contributed by atoms with van der Waals surface area (Å²) < 4.78 is 11.5. The first-order valence-corrected chi connectivity index (χ1v) is 8.77. The van der Waals surface area contributed by atoms with E-state index < -0.39 is 0 Å². The maximum Gasteiger partial charge on any atom is 0.271 e. The van der Waals surface area contributed by atoms with Crippen molar-refractivity contribution in [1.82, 2.24) is 15.4 Å². The topological polar surface area (TPSA) is 91.5 Å². The quantitative estimate of drug-likeness (QED) is 0.343. The molecule has 0 spiro atoms. The van der Waals surface area contributed by atoms with Crippen molar-refractivity contribution in [2.75, 3.05) is 7.11 Å². The molecule has 0 saturated carbocycles. The lowest BCUT2D eigenvalue weighted by Crippen LogP contribution is -2.17. The molecule has 0 aliphatic rings. The highest BCUT2D eigenvalue weighted by atomic mass is 32.1. The third-order valence-electron chi connectivity index (χ3n) is 3.71. The summed E-state index contributed by atoms with van der Waals surface area (Å²) in [6.45, 7) is 3.88. The van der Waals surface area contributed by atoms with Crippen molar-refractivity contribution < 1.29 is 14.3 Å². The molecule has 27 heavy (non-hydrogen) atoms. The Labute approximate surface area is 161 Å². The summed E-state index contributed by atoms with van der Waals surface area (Å²) in [7, 11) is 1.59. The molecule has 8 heteroatoms. The number of benzene rings is 2. The van der Waals surface area contributed by atoms with Crippen LogP contribution in [0.15, 0.2) is 41.5 Å². The molecule has 0 fully saturated rings. The number of ether oxygens (including phenoxy) is 2. The van der Waals surface area contributed by atoms with Gasteiger partial charge in [-0.05, 0) is 68.0 Å². The van der Waals surface area contributed by atoms with Gasteiger partial charge in [0.2, 0.25) is 0 Å². The largest absolute Gasteiger partial charge is 0.493 e. The lowest BCUT2D eigenvalue weighted by atomic mass is 10.2. The number of methoxy groups -OCH3 is 1. The van der Waals surface area contributed by atoms with Crippen molar-refractivity contribution in [1.29, 1.82) is 0 Å². The Morgan fingerprint density at radius 2 is 1.93 bits per heavy atom. The van der Waals surface area contributed by atoms with Crippen LogP contribution in [0.3, 0.4) is 0 Å². The molecule has 1 amide bonds. The zero-order valence-corrected chi connectivity index (χ0v) is 16.0. The minimum absolute atomic E-state index is 0.0154. The molecule has 2 aromatic carbocycles. The van der Waals surface area contributed by atoms with E-state index in [0.717, 1.165) is 16.6 Å². The molecule has 1 heterocycles. The zero-order chi connectivity index (χ0) is 19.4. The number of fused-ring (bicyclic) bond motifs is 1. The number of hydrazone groups is 1. The Bertz CT molecular complexity index is 1050. The van der Waals surface area contributed by atoms with Crippen molar-refractivity contribution >= 4 is 35.4 Å². The molecule has 0 radical (unpaired) electrons. The van der Waals surface area contributed by atoms with Gasteiger partial charge in [0.15, 0.2) is 16.3 Å². The summed E-state index contributed by atoms with van der Waals surface area (Å²) in [6.07, 6.45) is 1.56. The van der Waals surface area contributed by atoms with E-state index in [9.17, 15) is 4.79 Å². The van der Waals surface area contributed by atoms with Crippen LogP contribution in [0.2, 0.25) is 0 Å². The number of hydrogen-bond acceptors (Lipinski definition) is 5. The van der Waals surface area contributed by atoms with Crippen LogP contribution in [-0.4, -0.2) is 35.3 Å². The molecular weight excluding hydrogens is 364 g/mol. The third kappa shape index (κ3) is 4.53. The predicted molar refractivity (Wildman–Crippen MR) is 107 cm³/mol. The van der Waals surface area contributed by atoms with Crippen LogP contribution in [0.25, 0.3) is 11.0 Å². The molecule has 0 unspecified atom stereocenters. The molecular formula is C19H20N4O3S. The van der Waals surface area contributed by atoms with Crippen molar-refractivity contribution in [2.45, 2.75) is 20.0 Å². The number of rotatable bonds is 6. The van der Waals surface area contributed by atoms with E-state index in [1.807, 2.05) is 19.9 Å². The fraction of sp³-hybridized carbons (Fsp3) is 0.211. The fourth-order valence-electron chi connectivity index (χ4n) is 2.52. The smallest absolute Gasteiger partial charge is 0.271 e. The van der Waals surface area contributed by atoms with Crippen LogP contribution >= 0.6 is 12.2 Å². The monoisotopic (exact) mass is 384 g/mol. The van der Waals surface area contributed by atoms with E-state index in [-0.39, 0.29) is 12.0 Å². The molecule has 3 N–H and O–H groups in total. The lowest BCUT2D eigenvalue weighted by Gasteiger charge is -2.13. The van der Waals surface area contributed by atoms with Gasteiger partial charge in [0.05, 0.1) is 30.5 Å². The van der Waals surface area contributed by atoms with Crippen LogP contribution in [0.1, 0.15) is 29.8 Å². The summed E-state index contributed by atoms with van der Waals surface area (Å²) in [5.41, 5.74) is 5.38. The Hall–Kier alpha value is -3.13. The molecule has 7 nitrogen and oxygen atoms in total. The maximum atomic E-state index is 12.3. The number of nitrogens with one attached hydrogen (secondary N) is 3. The van der Waals surface area contributed by atoms with Gasteiger partial charge in [-0.3, -0.25) is 4.79 Å². The first kappa shape index (κ1) is 18.7. The minimum atomic E-state index is -0.319. The Balaban J connectivity index is 1.72. The summed E-state index contributed by atoms with van der Waals surface area (Å²) >= 11 is 5.05. The molecule has 0 bridgehead atoms. The predicted octanol–water partition coefficient (Wildman–Crippen LogP) is 3.79. The van der Waals surface area contributed by atoms with Crippen molar-refractivity contribution in [3.8, 4) is 11.5 Å². The van der Waals surface area contributed by atoms with Crippen molar-refractivity contribution in [3.05, 3.63) is 52.3 Å². The highest BCUT2D eigenvalue weighted by Gasteiger charge is 2.08. The molecule has 3 rings (SSSR count). The maximum absolute atomic E-state index is 12.3. The molecule has 1 aromatic heterocycles. The van der Waals surface area contributed by atoms with Gasteiger partial charge >= 0.3 is 0 Å². The number of aromatic amines is 2. The second kappa shape index (κ2) is 8.05. The van der Waals surface area contributed by atoms with E-state index in [1.54, 1.807) is 43.7 Å². The van der Waals surface area contributed by atoms with Gasteiger partial charge in [0, 0.05) is 5.56 Å². The number of carbonyl (C=O) groups excluding carboxylic acids is 1. The van der Waals surface area contributed by atoms with Gasteiger partial charge in [-0.2, -0.15) is 5.10 Å². The number of imidazole rings is 1. The van der Waals surface area contributed by atoms with Gasteiger partial charge in [0.1, 0.15) is 0 Å². The van der Waals surface area contributed by atoms with Crippen LogP contribution in [0.4, 0.5) is 0 Å². The number of amides is 1. The van der Waals surface area contributed by atoms with E-state index in [4.69, 9.17) is 21.7 Å². The summed E-state index contributed by atoms with van der Waals surface area (Å²) in [5.74, 6) is 0.943. The van der Waals surface area contributed by atoms with Crippen LogP contribution in [0, 0.1) is 4.77 Å². The summed E-state index contributed by atoms with van der Waals surface area (Å²) in [4.78, 5) is 18.3. The van der Waals surface area contributed by atoms with Crippen LogP contribution in [0.5, 0.6) is 11.5 Å². The third-order valence-corrected chi connectivity index (χ3v) is 3.91. The Kier molecular flexibility index (Phi) is 5.56. The lowest BCUT2D eigenvalue weighted by molar-refractivity contribution is 0.0955. The Morgan fingerprint density at radius 1 is 1.15 bits per heavy atom. The summed E-state index contributed by atoms with van der Waals surface area (Å²) in [5, 5.41) is 4.02. The van der Waals surface area contributed by atoms with E-state index >= 15 is 0 Å². The normalized spacial score (nSPS) is 11.3.